The van der Waals surface area contributed by atoms with Crippen molar-refractivity contribution in [2.75, 3.05) is 26.2 Å². The van der Waals surface area contributed by atoms with Crippen molar-refractivity contribution in [3.05, 3.63) is 24.3 Å². The molecule has 1 aliphatic rings. The molecule has 0 atom stereocenters. The van der Waals surface area contributed by atoms with Gasteiger partial charge >= 0.3 is 0 Å². The van der Waals surface area contributed by atoms with Gasteiger partial charge in [0.25, 0.3) is 0 Å². The molecule has 1 rings (SSSR count). The molecule has 0 aliphatic carbocycles. The minimum atomic E-state index is 0.978. The van der Waals surface area contributed by atoms with Crippen LogP contribution in [0.2, 0.25) is 0 Å². The molecule has 0 fully saturated rings. The molecule has 0 bridgehead atoms. The van der Waals surface area contributed by atoms with Gasteiger partial charge in [0.15, 0.2) is 0 Å². The lowest BCUT2D eigenvalue weighted by atomic mass is 10.3. The van der Waals surface area contributed by atoms with Gasteiger partial charge < -0.3 is 10.6 Å². The molecular weight excluding hydrogens is 136 g/mol. The summed E-state index contributed by atoms with van der Waals surface area (Å²) < 4.78 is 0. The second kappa shape index (κ2) is 6.13. The van der Waals surface area contributed by atoms with Gasteiger partial charge in [0, 0.05) is 19.6 Å². The lowest BCUT2D eigenvalue weighted by Crippen LogP contribution is -2.27. The van der Waals surface area contributed by atoms with Gasteiger partial charge in [0.1, 0.15) is 0 Å². The first-order chi connectivity index (χ1) is 5.50. The van der Waals surface area contributed by atoms with Crippen LogP contribution in [0.5, 0.6) is 0 Å². The first-order valence-electron chi connectivity index (χ1n) is 4.23. The Bertz CT molecular complexity index is 122. The maximum atomic E-state index is 3.34. The fourth-order valence-electron chi connectivity index (χ4n) is 0.994. The third kappa shape index (κ3) is 4.76. The fourth-order valence-corrected chi connectivity index (χ4v) is 0.994. The van der Waals surface area contributed by atoms with Crippen LogP contribution in [-0.4, -0.2) is 26.2 Å². The first-order valence-corrected chi connectivity index (χ1v) is 4.23. The standard InChI is InChI=1S/C9H16N2/c1-2-4-6-10-8-9-11-7-5-3-1/h1-4,10-11H,5-9H2/b3-1-,4-2-. The maximum absolute atomic E-state index is 3.34. The van der Waals surface area contributed by atoms with Crippen LogP contribution in [0.1, 0.15) is 6.42 Å². The largest absolute Gasteiger partial charge is 0.315 e. The predicted octanol–water partition coefficient (Wildman–Crippen LogP) is 0.682. The zero-order valence-electron chi connectivity index (χ0n) is 6.84. The highest BCUT2D eigenvalue weighted by atomic mass is 14.9. The minimum absolute atomic E-state index is 0.978. The molecule has 62 valence electrons. The van der Waals surface area contributed by atoms with Crippen LogP contribution < -0.4 is 10.6 Å². The number of hydrogen-bond donors (Lipinski definition) is 2. The lowest BCUT2D eigenvalue weighted by molar-refractivity contribution is 0.639. The molecule has 0 aromatic rings. The van der Waals surface area contributed by atoms with Gasteiger partial charge in [0.2, 0.25) is 0 Å². The smallest absolute Gasteiger partial charge is 0.0138 e. The third-order valence-corrected chi connectivity index (χ3v) is 1.61. The molecule has 0 radical (unpaired) electrons. The first kappa shape index (κ1) is 8.50. The van der Waals surface area contributed by atoms with Crippen LogP contribution in [-0.2, 0) is 0 Å². The van der Waals surface area contributed by atoms with Crippen molar-refractivity contribution >= 4 is 0 Å². The Morgan fingerprint density at radius 1 is 0.818 bits per heavy atom. The second-order valence-electron chi connectivity index (χ2n) is 2.60. The fraction of sp³-hybridized carbons (Fsp3) is 0.556. The zero-order chi connectivity index (χ0) is 7.78. The topological polar surface area (TPSA) is 24.1 Å². The van der Waals surface area contributed by atoms with E-state index < -0.39 is 0 Å². The van der Waals surface area contributed by atoms with Crippen molar-refractivity contribution in [2.24, 2.45) is 0 Å². The normalized spacial score (nSPS) is 26.9. The van der Waals surface area contributed by atoms with Gasteiger partial charge in [-0.15, -0.1) is 0 Å². The molecule has 0 aromatic heterocycles. The summed E-state index contributed by atoms with van der Waals surface area (Å²) in [6.45, 7) is 4.20. The lowest BCUT2D eigenvalue weighted by Gasteiger charge is -2.01. The number of nitrogens with one attached hydrogen (secondary N) is 2. The number of rotatable bonds is 0. The Morgan fingerprint density at radius 3 is 2.64 bits per heavy atom. The summed E-state index contributed by atoms with van der Waals surface area (Å²) in [5.41, 5.74) is 0. The van der Waals surface area contributed by atoms with Gasteiger partial charge in [-0.1, -0.05) is 24.3 Å². The Hall–Kier alpha value is -0.600. The highest BCUT2D eigenvalue weighted by Crippen LogP contribution is 1.83. The van der Waals surface area contributed by atoms with Crippen molar-refractivity contribution in [3.63, 3.8) is 0 Å². The van der Waals surface area contributed by atoms with Crippen molar-refractivity contribution in [1.82, 2.24) is 10.6 Å². The van der Waals surface area contributed by atoms with Gasteiger partial charge in [-0.25, -0.2) is 0 Å². The highest BCUT2D eigenvalue weighted by molar-refractivity contribution is 5.03. The summed E-state index contributed by atoms with van der Waals surface area (Å²) in [5.74, 6) is 0. The summed E-state index contributed by atoms with van der Waals surface area (Å²) in [4.78, 5) is 0. The van der Waals surface area contributed by atoms with E-state index in [1.807, 2.05) is 0 Å². The molecule has 1 aliphatic heterocycles. The molecular formula is C9H16N2. The van der Waals surface area contributed by atoms with E-state index in [4.69, 9.17) is 0 Å². The quantitative estimate of drug-likeness (QED) is 0.533. The van der Waals surface area contributed by atoms with Crippen LogP contribution in [0.15, 0.2) is 24.3 Å². The molecule has 2 heteroatoms. The van der Waals surface area contributed by atoms with E-state index in [1.165, 1.54) is 0 Å². The van der Waals surface area contributed by atoms with Crippen molar-refractivity contribution < 1.29 is 0 Å². The SMILES string of the molecule is C1=C\CCNCCNC\C=C/1. The number of hydrogen-bond acceptors (Lipinski definition) is 2. The second-order valence-corrected chi connectivity index (χ2v) is 2.60. The van der Waals surface area contributed by atoms with Crippen LogP contribution >= 0.6 is 0 Å². The van der Waals surface area contributed by atoms with Gasteiger partial charge in [-0.05, 0) is 13.0 Å². The van der Waals surface area contributed by atoms with Crippen LogP contribution in [0.4, 0.5) is 0 Å². The molecule has 0 amide bonds. The van der Waals surface area contributed by atoms with E-state index in [-0.39, 0.29) is 0 Å². The molecule has 0 unspecified atom stereocenters. The summed E-state index contributed by atoms with van der Waals surface area (Å²) in [7, 11) is 0. The molecule has 2 N–H and O–H groups in total. The van der Waals surface area contributed by atoms with E-state index in [1.54, 1.807) is 0 Å². The average Bonchev–Trinajstić information content (AvgIpc) is 2.08. The molecule has 1 heterocycles. The van der Waals surface area contributed by atoms with E-state index >= 15 is 0 Å². The van der Waals surface area contributed by atoms with Gasteiger partial charge in [-0.2, -0.15) is 0 Å². The molecule has 0 aromatic carbocycles. The summed E-state index contributed by atoms with van der Waals surface area (Å²) in [5, 5.41) is 6.64. The number of allylic oxidation sites excluding steroid dienone is 2. The molecule has 0 saturated heterocycles. The zero-order valence-corrected chi connectivity index (χ0v) is 6.84. The Labute approximate surface area is 68.4 Å². The van der Waals surface area contributed by atoms with Crippen LogP contribution in [0.25, 0.3) is 0 Å². The molecule has 0 spiro atoms. The van der Waals surface area contributed by atoms with Crippen LogP contribution in [0.3, 0.4) is 0 Å². The maximum Gasteiger partial charge on any atom is 0.0138 e. The summed E-state index contributed by atoms with van der Waals surface area (Å²) in [6, 6.07) is 0. The van der Waals surface area contributed by atoms with Crippen molar-refractivity contribution in [2.45, 2.75) is 6.42 Å². The van der Waals surface area contributed by atoms with Crippen LogP contribution in [0, 0.1) is 0 Å². The Kier molecular flexibility index (Phi) is 4.74. The highest BCUT2D eigenvalue weighted by Gasteiger charge is 1.85. The van der Waals surface area contributed by atoms with E-state index in [0.717, 1.165) is 32.6 Å². The monoisotopic (exact) mass is 152 g/mol. The van der Waals surface area contributed by atoms with E-state index in [9.17, 15) is 0 Å². The molecule has 0 saturated carbocycles. The predicted molar refractivity (Wildman–Crippen MR) is 48.6 cm³/mol. The summed E-state index contributed by atoms with van der Waals surface area (Å²) in [6.07, 6.45) is 9.66. The minimum Gasteiger partial charge on any atom is -0.315 e. The average molecular weight is 152 g/mol. The van der Waals surface area contributed by atoms with Crippen molar-refractivity contribution in [3.8, 4) is 0 Å². The van der Waals surface area contributed by atoms with Gasteiger partial charge in [-0.3, -0.25) is 0 Å². The summed E-state index contributed by atoms with van der Waals surface area (Å²) >= 11 is 0. The molecule has 2 nitrogen and oxygen atoms in total. The third-order valence-electron chi connectivity index (χ3n) is 1.61. The van der Waals surface area contributed by atoms with Gasteiger partial charge in [0.05, 0.1) is 0 Å². The van der Waals surface area contributed by atoms with Crippen molar-refractivity contribution in [1.29, 1.82) is 0 Å². The van der Waals surface area contributed by atoms with E-state index in [2.05, 4.69) is 34.9 Å². The Morgan fingerprint density at radius 2 is 1.64 bits per heavy atom. The molecule has 11 heavy (non-hydrogen) atoms. The van der Waals surface area contributed by atoms with E-state index in [0.29, 0.717) is 0 Å². The Balaban J connectivity index is 2.22.